The van der Waals surface area contributed by atoms with Gasteiger partial charge in [-0.05, 0) is 26.2 Å². The van der Waals surface area contributed by atoms with E-state index in [1.54, 1.807) is 6.92 Å². The lowest BCUT2D eigenvalue weighted by Crippen LogP contribution is -2.53. The van der Waals surface area contributed by atoms with Gasteiger partial charge in [0.2, 0.25) is 10.0 Å². The summed E-state index contributed by atoms with van der Waals surface area (Å²) in [6.07, 6.45) is 2.48. The summed E-state index contributed by atoms with van der Waals surface area (Å²) in [5, 5.41) is -0.390. The van der Waals surface area contributed by atoms with Crippen LogP contribution in [0.4, 0.5) is 0 Å². The van der Waals surface area contributed by atoms with Gasteiger partial charge in [0, 0.05) is 0 Å². The molecule has 1 amide bonds. The van der Waals surface area contributed by atoms with Crippen LogP contribution in [0, 0.1) is 0 Å². The highest BCUT2D eigenvalue weighted by Crippen LogP contribution is 2.27. The van der Waals surface area contributed by atoms with E-state index in [4.69, 9.17) is 5.73 Å². The molecule has 0 bridgehead atoms. The Hall–Kier alpha value is -0.620. The molecule has 0 aliphatic heterocycles. The standard InChI is InChI=1S/C9H18N2O3S/c1-3-6-9(2,10)8(12)11-15(13,14)7-4-5-7/h7H,3-6,10H2,1-2H3,(H,11,12). The quantitative estimate of drug-likeness (QED) is 0.706. The highest BCUT2D eigenvalue weighted by molar-refractivity contribution is 7.90. The summed E-state index contributed by atoms with van der Waals surface area (Å²) in [4.78, 5) is 11.6. The molecule has 88 valence electrons. The van der Waals surface area contributed by atoms with Gasteiger partial charge in [0.05, 0.1) is 10.8 Å². The first kappa shape index (κ1) is 12.4. The van der Waals surface area contributed by atoms with Crippen molar-refractivity contribution in [2.75, 3.05) is 0 Å². The summed E-state index contributed by atoms with van der Waals surface area (Å²) in [7, 11) is -3.47. The normalized spacial score (nSPS) is 20.7. The maximum absolute atomic E-state index is 11.6. The first-order valence-corrected chi connectivity index (χ1v) is 6.69. The number of nitrogens with two attached hydrogens (primary N) is 1. The van der Waals surface area contributed by atoms with Gasteiger partial charge in [-0.1, -0.05) is 13.3 Å². The van der Waals surface area contributed by atoms with Gasteiger partial charge in [-0.15, -0.1) is 0 Å². The largest absolute Gasteiger partial charge is 0.318 e. The van der Waals surface area contributed by atoms with Crippen molar-refractivity contribution < 1.29 is 13.2 Å². The number of hydrogen-bond acceptors (Lipinski definition) is 4. The van der Waals surface area contributed by atoms with E-state index in [0.717, 1.165) is 6.42 Å². The number of rotatable bonds is 5. The Morgan fingerprint density at radius 1 is 1.53 bits per heavy atom. The first-order valence-electron chi connectivity index (χ1n) is 5.14. The molecule has 0 aromatic carbocycles. The predicted octanol–water partition coefficient (Wildman–Crippen LogP) is 0.112. The Labute approximate surface area is 90.5 Å². The van der Waals surface area contributed by atoms with Crippen LogP contribution in [0.15, 0.2) is 0 Å². The molecule has 6 heteroatoms. The minimum Gasteiger partial charge on any atom is -0.318 e. The number of carbonyl (C=O) groups excluding carboxylic acids is 1. The van der Waals surface area contributed by atoms with Crippen LogP contribution in [0.1, 0.15) is 39.5 Å². The first-order chi connectivity index (χ1) is 6.79. The predicted molar refractivity (Wildman–Crippen MR) is 57.6 cm³/mol. The van der Waals surface area contributed by atoms with Crippen LogP contribution in [-0.2, 0) is 14.8 Å². The molecule has 1 aliphatic rings. The van der Waals surface area contributed by atoms with E-state index in [1.807, 2.05) is 6.92 Å². The van der Waals surface area contributed by atoms with Gasteiger partial charge in [-0.3, -0.25) is 9.52 Å². The summed E-state index contributed by atoms with van der Waals surface area (Å²) in [5.41, 5.74) is 4.62. The van der Waals surface area contributed by atoms with Crippen LogP contribution >= 0.6 is 0 Å². The fourth-order valence-corrected chi connectivity index (χ4v) is 2.76. The molecule has 3 N–H and O–H groups in total. The minimum atomic E-state index is -3.47. The van der Waals surface area contributed by atoms with E-state index in [2.05, 4.69) is 4.72 Å². The summed E-state index contributed by atoms with van der Waals surface area (Å²) < 4.78 is 25.0. The second-order valence-electron chi connectivity index (χ2n) is 4.34. The molecule has 1 unspecified atom stereocenters. The second-order valence-corrected chi connectivity index (χ2v) is 6.30. The van der Waals surface area contributed by atoms with Crippen molar-refractivity contribution in [2.45, 2.75) is 50.3 Å². The number of sulfonamides is 1. The van der Waals surface area contributed by atoms with E-state index in [0.29, 0.717) is 19.3 Å². The summed E-state index contributed by atoms with van der Waals surface area (Å²) in [6.45, 7) is 3.45. The van der Waals surface area contributed by atoms with Gasteiger partial charge in [0.15, 0.2) is 0 Å². The molecule has 1 saturated carbocycles. The third-order valence-corrected chi connectivity index (χ3v) is 4.31. The van der Waals surface area contributed by atoms with Crippen LogP contribution in [0.3, 0.4) is 0 Å². The fourth-order valence-electron chi connectivity index (χ4n) is 1.34. The highest BCUT2D eigenvalue weighted by Gasteiger charge is 2.39. The van der Waals surface area contributed by atoms with Gasteiger partial charge < -0.3 is 5.73 Å². The zero-order valence-electron chi connectivity index (χ0n) is 9.12. The van der Waals surface area contributed by atoms with Gasteiger partial charge in [-0.25, -0.2) is 8.42 Å². The molecule has 1 rings (SSSR count). The smallest absolute Gasteiger partial charge is 0.253 e. The molecule has 0 aromatic rings. The monoisotopic (exact) mass is 234 g/mol. The van der Waals surface area contributed by atoms with Crippen molar-refractivity contribution in [3.8, 4) is 0 Å². The molecule has 0 saturated heterocycles. The molecule has 5 nitrogen and oxygen atoms in total. The lowest BCUT2D eigenvalue weighted by atomic mass is 9.97. The van der Waals surface area contributed by atoms with Crippen molar-refractivity contribution >= 4 is 15.9 Å². The van der Waals surface area contributed by atoms with Gasteiger partial charge in [-0.2, -0.15) is 0 Å². The molecule has 1 atom stereocenters. The van der Waals surface area contributed by atoms with Crippen molar-refractivity contribution in [3.05, 3.63) is 0 Å². The molecule has 1 aliphatic carbocycles. The third kappa shape index (κ3) is 3.17. The Balaban J connectivity index is 2.62. The molecule has 1 fully saturated rings. The molecule has 0 heterocycles. The zero-order chi connectivity index (χ0) is 11.7. The summed E-state index contributed by atoms with van der Waals surface area (Å²) in [6, 6.07) is 0. The van der Waals surface area contributed by atoms with E-state index < -0.39 is 21.5 Å². The van der Waals surface area contributed by atoms with Gasteiger partial charge >= 0.3 is 0 Å². The summed E-state index contributed by atoms with van der Waals surface area (Å²) in [5.74, 6) is -0.601. The van der Waals surface area contributed by atoms with Crippen LogP contribution in [-0.4, -0.2) is 25.1 Å². The summed E-state index contributed by atoms with van der Waals surface area (Å²) >= 11 is 0. The van der Waals surface area contributed by atoms with Gasteiger partial charge in [0.1, 0.15) is 0 Å². The molecule has 0 spiro atoms. The SMILES string of the molecule is CCCC(C)(N)C(=O)NS(=O)(=O)C1CC1. The molecule has 15 heavy (non-hydrogen) atoms. The average molecular weight is 234 g/mol. The van der Waals surface area contributed by atoms with E-state index in [9.17, 15) is 13.2 Å². The van der Waals surface area contributed by atoms with Crippen LogP contribution in [0.5, 0.6) is 0 Å². The third-order valence-electron chi connectivity index (χ3n) is 2.49. The lowest BCUT2D eigenvalue weighted by Gasteiger charge is -2.22. The van der Waals surface area contributed by atoms with Crippen molar-refractivity contribution in [1.82, 2.24) is 4.72 Å². The molecule has 0 aromatic heterocycles. The average Bonchev–Trinajstić information content (AvgIpc) is 2.84. The van der Waals surface area contributed by atoms with Crippen LogP contribution in [0.2, 0.25) is 0 Å². The van der Waals surface area contributed by atoms with Crippen molar-refractivity contribution in [1.29, 1.82) is 0 Å². The number of carbonyl (C=O) groups is 1. The Kier molecular flexibility index (Phi) is 3.40. The van der Waals surface area contributed by atoms with Crippen LogP contribution in [0.25, 0.3) is 0 Å². The van der Waals surface area contributed by atoms with E-state index in [-0.39, 0.29) is 5.25 Å². The number of amides is 1. The fraction of sp³-hybridized carbons (Fsp3) is 0.889. The van der Waals surface area contributed by atoms with Crippen molar-refractivity contribution in [2.24, 2.45) is 5.73 Å². The molecule has 0 radical (unpaired) electrons. The zero-order valence-corrected chi connectivity index (χ0v) is 9.93. The van der Waals surface area contributed by atoms with Gasteiger partial charge in [0.25, 0.3) is 5.91 Å². The Morgan fingerprint density at radius 3 is 2.47 bits per heavy atom. The van der Waals surface area contributed by atoms with E-state index >= 15 is 0 Å². The number of nitrogens with one attached hydrogen (secondary N) is 1. The van der Waals surface area contributed by atoms with Crippen LogP contribution < -0.4 is 10.5 Å². The lowest BCUT2D eigenvalue weighted by molar-refractivity contribution is -0.124. The highest BCUT2D eigenvalue weighted by atomic mass is 32.2. The minimum absolute atomic E-state index is 0.390. The topological polar surface area (TPSA) is 89.3 Å². The Bertz CT molecular complexity index is 344. The molecular weight excluding hydrogens is 216 g/mol. The van der Waals surface area contributed by atoms with Crippen molar-refractivity contribution in [3.63, 3.8) is 0 Å². The second kappa shape index (κ2) is 4.09. The number of hydrogen-bond donors (Lipinski definition) is 2. The maximum atomic E-state index is 11.6. The Morgan fingerprint density at radius 2 is 2.07 bits per heavy atom. The molecular formula is C9H18N2O3S. The van der Waals surface area contributed by atoms with E-state index in [1.165, 1.54) is 0 Å². The maximum Gasteiger partial charge on any atom is 0.253 e.